The molecule has 0 bridgehead atoms. The molecular formula is C17H23NOS. The van der Waals surface area contributed by atoms with E-state index in [2.05, 4.69) is 29.7 Å². The van der Waals surface area contributed by atoms with Gasteiger partial charge in [0.2, 0.25) is 0 Å². The number of hydrogen-bond donors (Lipinski definition) is 1. The summed E-state index contributed by atoms with van der Waals surface area (Å²) in [5.74, 6) is 8.03. The largest absolute Gasteiger partial charge is 0.497 e. The molecule has 0 aromatic heterocycles. The van der Waals surface area contributed by atoms with Crippen LogP contribution >= 0.6 is 11.8 Å². The fraction of sp³-hybridized carbons (Fsp3) is 0.529. The Morgan fingerprint density at radius 3 is 2.80 bits per heavy atom. The molecule has 3 heteroatoms. The number of rotatable bonds is 4. The maximum Gasteiger partial charge on any atom is 0.119 e. The van der Waals surface area contributed by atoms with Crippen LogP contribution in [0.3, 0.4) is 0 Å². The van der Waals surface area contributed by atoms with E-state index in [-0.39, 0.29) is 0 Å². The fourth-order valence-electron chi connectivity index (χ4n) is 2.52. The van der Waals surface area contributed by atoms with Crippen LogP contribution in [0, 0.1) is 11.8 Å². The van der Waals surface area contributed by atoms with Crippen molar-refractivity contribution < 1.29 is 4.74 Å². The van der Waals surface area contributed by atoms with Gasteiger partial charge in [-0.15, -0.1) is 0 Å². The van der Waals surface area contributed by atoms with E-state index in [9.17, 15) is 0 Å². The molecule has 2 N–H and O–H groups in total. The van der Waals surface area contributed by atoms with E-state index in [0.717, 1.165) is 22.3 Å². The van der Waals surface area contributed by atoms with Gasteiger partial charge < -0.3 is 10.5 Å². The van der Waals surface area contributed by atoms with Crippen LogP contribution in [0.5, 0.6) is 5.75 Å². The van der Waals surface area contributed by atoms with Crippen molar-refractivity contribution in [1.29, 1.82) is 0 Å². The van der Waals surface area contributed by atoms with E-state index >= 15 is 0 Å². The van der Waals surface area contributed by atoms with E-state index < -0.39 is 0 Å². The smallest absolute Gasteiger partial charge is 0.119 e. The molecule has 0 heterocycles. The monoisotopic (exact) mass is 289 g/mol. The van der Waals surface area contributed by atoms with Gasteiger partial charge in [0.1, 0.15) is 5.75 Å². The minimum atomic E-state index is 0.404. The van der Waals surface area contributed by atoms with Crippen molar-refractivity contribution in [3.8, 4) is 17.6 Å². The molecule has 2 nitrogen and oxygen atoms in total. The first kappa shape index (κ1) is 15.3. The summed E-state index contributed by atoms with van der Waals surface area (Å²) in [4.78, 5) is 0. The highest BCUT2D eigenvalue weighted by Crippen LogP contribution is 2.32. The second-order valence-electron chi connectivity index (χ2n) is 5.10. The zero-order chi connectivity index (χ0) is 14.2. The third-order valence-corrected chi connectivity index (χ3v) is 5.08. The first-order valence-corrected chi connectivity index (χ1v) is 8.36. The number of ether oxygens (including phenoxy) is 1. The Balaban J connectivity index is 2.06. The van der Waals surface area contributed by atoms with Crippen LogP contribution in [0.25, 0.3) is 0 Å². The lowest BCUT2D eigenvalue weighted by molar-refractivity contribution is 0.414. The van der Waals surface area contributed by atoms with E-state index in [1.807, 2.05) is 12.1 Å². The van der Waals surface area contributed by atoms with E-state index in [1.165, 1.54) is 37.7 Å². The van der Waals surface area contributed by atoms with Gasteiger partial charge in [0, 0.05) is 16.6 Å². The van der Waals surface area contributed by atoms with Gasteiger partial charge in [-0.2, -0.15) is 11.8 Å². The van der Waals surface area contributed by atoms with Crippen molar-refractivity contribution >= 4 is 11.8 Å². The molecule has 0 saturated heterocycles. The summed E-state index contributed by atoms with van der Waals surface area (Å²) in [5, 5.41) is 0.810. The number of methoxy groups -OCH3 is 1. The summed E-state index contributed by atoms with van der Waals surface area (Å²) in [6.45, 7) is 0.404. The van der Waals surface area contributed by atoms with Crippen LogP contribution in [0.1, 0.15) is 43.2 Å². The molecule has 1 fully saturated rings. The second-order valence-corrected chi connectivity index (χ2v) is 6.39. The topological polar surface area (TPSA) is 35.2 Å². The minimum absolute atomic E-state index is 0.404. The molecule has 108 valence electrons. The molecule has 2 rings (SSSR count). The van der Waals surface area contributed by atoms with Crippen molar-refractivity contribution in [1.82, 2.24) is 0 Å². The molecule has 1 aromatic carbocycles. The highest BCUT2D eigenvalue weighted by Gasteiger charge is 2.14. The molecule has 1 aliphatic rings. The lowest BCUT2D eigenvalue weighted by atomic mass is 10.0. The molecule has 20 heavy (non-hydrogen) atoms. The van der Waals surface area contributed by atoms with Crippen LogP contribution < -0.4 is 10.5 Å². The number of nitrogens with two attached hydrogens (primary N) is 1. The maximum atomic E-state index is 5.47. The van der Waals surface area contributed by atoms with Crippen LogP contribution in [-0.4, -0.2) is 18.9 Å². The molecule has 1 aromatic rings. The molecule has 0 unspecified atom stereocenters. The Hall–Kier alpha value is -1.11. The zero-order valence-corrected chi connectivity index (χ0v) is 13.0. The van der Waals surface area contributed by atoms with Crippen LogP contribution in [-0.2, 0) is 5.75 Å². The van der Waals surface area contributed by atoms with Crippen LogP contribution in [0.15, 0.2) is 18.2 Å². The van der Waals surface area contributed by atoms with Gasteiger partial charge in [-0.3, -0.25) is 0 Å². The summed E-state index contributed by atoms with van der Waals surface area (Å²) < 4.78 is 5.32. The summed E-state index contributed by atoms with van der Waals surface area (Å²) in [7, 11) is 1.71. The molecule has 1 saturated carbocycles. The van der Waals surface area contributed by atoms with Gasteiger partial charge in [-0.1, -0.05) is 31.1 Å². The highest BCUT2D eigenvalue weighted by atomic mass is 32.2. The standard InChI is InChI=1S/C17H23NOS/c1-19-16-10-9-14(6-5-11-18)15(12-16)13-20-17-7-3-2-4-8-17/h9-10,12,17H,2-4,7-8,11,13,18H2,1H3. The molecule has 1 aliphatic carbocycles. The molecule has 0 radical (unpaired) electrons. The van der Waals surface area contributed by atoms with Gasteiger partial charge in [0.25, 0.3) is 0 Å². The fourth-order valence-corrected chi connectivity index (χ4v) is 3.84. The predicted molar refractivity (Wildman–Crippen MR) is 87.1 cm³/mol. The van der Waals surface area contributed by atoms with Crippen molar-refractivity contribution in [2.24, 2.45) is 5.73 Å². The number of benzene rings is 1. The van der Waals surface area contributed by atoms with E-state index in [1.54, 1.807) is 7.11 Å². The van der Waals surface area contributed by atoms with Gasteiger partial charge in [0.15, 0.2) is 0 Å². The molecule has 0 atom stereocenters. The summed E-state index contributed by atoms with van der Waals surface area (Å²) >= 11 is 2.06. The predicted octanol–water partition coefficient (Wildman–Crippen LogP) is 3.57. The van der Waals surface area contributed by atoms with Gasteiger partial charge in [0.05, 0.1) is 13.7 Å². The normalized spacial score (nSPS) is 15.5. The average Bonchev–Trinajstić information content (AvgIpc) is 2.52. The number of hydrogen-bond acceptors (Lipinski definition) is 3. The molecule has 0 spiro atoms. The third kappa shape index (κ3) is 4.47. The summed E-state index contributed by atoms with van der Waals surface area (Å²) in [6, 6.07) is 6.11. The maximum absolute atomic E-state index is 5.47. The zero-order valence-electron chi connectivity index (χ0n) is 12.2. The highest BCUT2D eigenvalue weighted by molar-refractivity contribution is 7.99. The van der Waals surface area contributed by atoms with Crippen molar-refractivity contribution in [3.63, 3.8) is 0 Å². The quantitative estimate of drug-likeness (QED) is 0.861. The third-order valence-electron chi connectivity index (χ3n) is 3.66. The lowest BCUT2D eigenvalue weighted by Gasteiger charge is -2.21. The lowest BCUT2D eigenvalue weighted by Crippen LogP contribution is -2.08. The first-order valence-electron chi connectivity index (χ1n) is 7.31. The van der Waals surface area contributed by atoms with Crippen molar-refractivity contribution in [2.45, 2.75) is 43.1 Å². The summed E-state index contributed by atoms with van der Waals surface area (Å²) in [5.41, 5.74) is 7.82. The average molecular weight is 289 g/mol. The molecule has 0 amide bonds. The van der Waals surface area contributed by atoms with Gasteiger partial charge in [-0.05, 0) is 36.6 Å². The van der Waals surface area contributed by atoms with Gasteiger partial charge in [-0.25, -0.2) is 0 Å². The Kier molecular flexibility index (Phi) is 6.29. The number of thioether (sulfide) groups is 1. The van der Waals surface area contributed by atoms with Crippen molar-refractivity contribution in [2.75, 3.05) is 13.7 Å². The van der Waals surface area contributed by atoms with Crippen LogP contribution in [0.2, 0.25) is 0 Å². The van der Waals surface area contributed by atoms with E-state index in [4.69, 9.17) is 10.5 Å². The first-order chi connectivity index (χ1) is 9.83. The Morgan fingerprint density at radius 2 is 2.10 bits per heavy atom. The van der Waals surface area contributed by atoms with Gasteiger partial charge >= 0.3 is 0 Å². The molecular weight excluding hydrogens is 266 g/mol. The Morgan fingerprint density at radius 1 is 1.30 bits per heavy atom. The summed E-state index contributed by atoms with van der Waals surface area (Å²) in [6.07, 6.45) is 6.89. The minimum Gasteiger partial charge on any atom is -0.497 e. The van der Waals surface area contributed by atoms with Crippen molar-refractivity contribution in [3.05, 3.63) is 29.3 Å². The van der Waals surface area contributed by atoms with E-state index in [0.29, 0.717) is 6.54 Å². The molecule has 0 aliphatic heterocycles. The Bertz CT molecular complexity index is 483. The van der Waals surface area contributed by atoms with Crippen LogP contribution in [0.4, 0.5) is 0 Å². The second kappa shape index (κ2) is 8.24. The SMILES string of the molecule is COc1ccc(C#CCN)c(CSC2CCCCC2)c1. The Labute approximate surface area is 126 Å².